The first-order chi connectivity index (χ1) is 8.61. The standard InChI is InChI=1S/C13H21FN4/c1-9(2)10-4-6-18(7-5-10)12-11(14)8-16-13(15-3)17-12/h8-10H,4-7H2,1-3H3,(H,15,16,17). The highest BCUT2D eigenvalue weighted by molar-refractivity contribution is 5.44. The maximum Gasteiger partial charge on any atom is 0.224 e. The largest absolute Gasteiger partial charge is 0.357 e. The average molecular weight is 252 g/mol. The molecule has 2 heterocycles. The Morgan fingerprint density at radius 3 is 2.61 bits per heavy atom. The van der Waals surface area contributed by atoms with Crippen molar-refractivity contribution in [3.63, 3.8) is 0 Å². The van der Waals surface area contributed by atoms with Gasteiger partial charge in [-0.1, -0.05) is 13.8 Å². The lowest BCUT2D eigenvalue weighted by atomic mass is 9.87. The van der Waals surface area contributed by atoms with Crippen molar-refractivity contribution in [1.82, 2.24) is 9.97 Å². The van der Waals surface area contributed by atoms with Crippen LogP contribution in [0.5, 0.6) is 0 Å². The fourth-order valence-corrected chi connectivity index (χ4v) is 2.48. The average Bonchev–Trinajstić information content (AvgIpc) is 2.39. The molecule has 1 fully saturated rings. The minimum absolute atomic E-state index is 0.336. The van der Waals surface area contributed by atoms with Gasteiger partial charge in [0.05, 0.1) is 6.20 Å². The van der Waals surface area contributed by atoms with Gasteiger partial charge in [0.1, 0.15) is 0 Å². The Bertz CT molecular complexity index is 400. The lowest BCUT2D eigenvalue weighted by Crippen LogP contribution is -2.36. The fraction of sp³-hybridized carbons (Fsp3) is 0.692. The molecule has 0 radical (unpaired) electrons. The highest BCUT2D eigenvalue weighted by Crippen LogP contribution is 2.28. The molecule has 100 valence electrons. The molecule has 0 aliphatic carbocycles. The summed E-state index contributed by atoms with van der Waals surface area (Å²) in [6.45, 7) is 6.26. The molecule has 18 heavy (non-hydrogen) atoms. The van der Waals surface area contributed by atoms with E-state index >= 15 is 0 Å². The van der Waals surface area contributed by atoms with Crippen molar-refractivity contribution in [1.29, 1.82) is 0 Å². The van der Waals surface area contributed by atoms with E-state index in [9.17, 15) is 4.39 Å². The van der Waals surface area contributed by atoms with Gasteiger partial charge >= 0.3 is 0 Å². The van der Waals surface area contributed by atoms with Crippen molar-refractivity contribution in [3.05, 3.63) is 12.0 Å². The summed E-state index contributed by atoms with van der Waals surface area (Å²) >= 11 is 0. The maximum absolute atomic E-state index is 13.8. The van der Waals surface area contributed by atoms with Crippen LogP contribution in [0.3, 0.4) is 0 Å². The number of aromatic nitrogens is 2. The summed E-state index contributed by atoms with van der Waals surface area (Å²) in [6.07, 6.45) is 3.45. The SMILES string of the molecule is CNc1ncc(F)c(N2CCC(C(C)C)CC2)n1. The number of anilines is 2. The van der Waals surface area contributed by atoms with Crippen molar-refractivity contribution in [2.24, 2.45) is 11.8 Å². The molecule has 1 aromatic heterocycles. The van der Waals surface area contributed by atoms with Gasteiger partial charge in [-0.15, -0.1) is 0 Å². The van der Waals surface area contributed by atoms with Crippen molar-refractivity contribution in [3.8, 4) is 0 Å². The van der Waals surface area contributed by atoms with Gasteiger partial charge in [0.25, 0.3) is 0 Å². The summed E-state index contributed by atoms with van der Waals surface area (Å²) in [5.41, 5.74) is 0. The lowest BCUT2D eigenvalue weighted by molar-refractivity contribution is 0.309. The number of hydrogen-bond donors (Lipinski definition) is 1. The summed E-state index contributed by atoms with van der Waals surface area (Å²) in [4.78, 5) is 10.1. The number of piperidine rings is 1. The molecule has 1 aliphatic rings. The molecule has 1 saturated heterocycles. The molecule has 5 heteroatoms. The van der Waals surface area contributed by atoms with Gasteiger partial charge in [-0.2, -0.15) is 4.98 Å². The fourth-order valence-electron chi connectivity index (χ4n) is 2.48. The van der Waals surface area contributed by atoms with Gasteiger partial charge in [0.15, 0.2) is 11.6 Å². The second kappa shape index (κ2) is 5.50. The highest BCUT2D eigenvalue weighted by Gasteiger charge is 2.24. The number of nitrogens with zero attached hydrogens (tertiary/aromatic N) is 3. The Labute approximate surface area is 108 Å². The summed E-state index contributed by atoms with van der Waals surface area (Å²) in [5.74, 6) is 2.01. The Morgan fingerprint density at radius 1 is 1.39 bits per heavy atom. The van der Waals surface area contributed by atoms with E-state index in [0.29, 0.717) is 17.7 Å². The predicted octanol–water partition coefficient (Wildman–Crippen LogP) is 2.53. The predicted molar refractivity (Wildman–Crippen MR) is 71.3 cm³/mol. The zero-order chi connectivity index (χ0) is 13.1. The van der Waals surface area contributed by atoms with Crippen LogP contribution in [0.4, 0.5) is 16.2 Å². The lowest BCUT2D eigenvalue weighted by Gasteiger charge is -2.34. The van der Waals surface area contributed by atoms with Crippen LogP contribution < -0.4 is 10.2 Å². The van der Waals surface area contributed by atoms with Crippen LogP contribution in [-0.4, -0.2) is 30.1 Å². The minimum Gasteiger partial charge on any atom is -0.357 e. The third-order valence-corrected chi connectivity index (χ3v) is 3.73. The molecule has 0 bridgehead atoms. The van der Waals surface area contributed by atoms with Crippen LogP contribution in [0.25, 0.3) is 0 Å². The molecule has 1 aliphatic heterocycles. The third-order valence-electron chi connectivity index (χ3n) is 3.73. The molecule has 2 rings (SSSR count). The third kappa shape index (κ3) is 2.71. The highest BCUT2D eigenvalue weighted by atomic mass is 19.1. The first-order valence-corrected chi connectivity index (χ1v) is 6.57. The van der Waals surface area contributed by atoms with Crippen LogP contribution in [0, 0.1) is 17.7 Å². The van der Waals surface area contributed by atoms with Gasteiger partial charge in [-0.05, 0) is 24.7 Å². The van der Waals surface area contributed by atoms with E-state index in [1.807, 2.05) is 4.90 Å². The summed E-state index contributed by atoms with van der Waals surface area (Å²) in [6, 6.07) is 0. The smallest absolute Gasteiger partial charge is 0.224 e. The molecule has 0 unspecified atom stereocenters. The summed E-state index contributed by atoms with van der Waals surface area (Å²) in [5, 5.41) is 2.85. The number of nitrogens with one attached hydrogen (secondary N) is 1. The molecule has 1 aromatic rings. The molecular formula is C13H21FN4. The second-order valence-electron chi connectivity index (χ2n) is 5.18. The first-order valence-electron chi connectivity index (χ1n) is 6.57. The molecule has 0 atom stereocenters. The Kier molecular flexibility index (Phi) is 3.99. The van der Waals surface area contributed by atoms with Crippen molar-refractivity contribution < 1.29 is 4.39 Å². The van der Waals surface area contributed by atoms with Crippen molar-refractivity contribution >= 4 is 11.8 Å². The van der Waals surface area contributed by atoms with Crippen LogP contribution in [0.1, 0.15) is 26.7 Å². The normalized spacial score (nSPS) is 17.3. The number of rotatable bonds is 3. The van der Waals surface area contributed by atoms with E-state index in [-0.39, 0.29) is 5.82 Å². The van der Waals surface area contributed by atoms with E-state index in [1.54, 1.807) is 7.05 Å². The zero-order valence-electron chi connectivity index (χ0n) is 11.3. The van der Waals surface area contributed by atoms with Gasteiger partial charge in [0.2, 0.25) is 5.95 Å². The summed E-state index contributed by atoms with van der Waals surface area (Å²) < 4.78 is 13.8. The maximum atomic E-state index is 13.8. The van der Waals surface area contributed by atoms with E-state index in [4.69, 9.17) is 0 Å². The van der Waals surface area contributed by atoms with Gasteiger partial charge in [-0.25, -0.2) is 9.37 Å². The molecule has 0 aromatic carbocycles. The second-order valence-corrected chi connectivity index (χ2v) is 5.18. The number of halogens is 1. The zero-order valence-corrected chi connectivity index (χ0v) is 11.3. The van der Waals surface area contributed by atoms with Crippen molar-refractivity contribution in [2.45, 2.75) is 26.7 Å². The molecule has 0 saturated carbocycles. The quantitative estimate of drug-likeness (QED) is 0.897. The van der Waals surface area contributed by atoms with Crippen molar-refractivity contribution in [2.75, 3.05) is 30.4 Å². The number of hydrogen-bond acceptors (Lipinski definition) is 4. The minimum atomic E-state index is -0.336. The van der Waals surface area contributed by atoms with E-state index in [0.717, 1.165) is 31.8 Å². The Morgan fingerprint density at radius 2 is 2.06 bits per heavy atom. The topological polar surface area (TPSA) is 41.1 Å². The molecule has 0 spiro atoms. The van der Waals surface area contributed by atoms with Crippen LogP contribution >= 0.6 is 0 Å². The molecule has 4 nitrogen and oxygen atoms in total. The van der Waals surface area contributed by atoms with E-state index < -0.39 is 0 Å². The van der Waals surface area contributed by atoms with Gasteiger partial charge in [-0.3, -0.25) is 0 Å². The summed E-state index contributed by atoms with van der Waals surface area (Å²) in [7, 11) is 1.74. The monoisotopic (exact) mass is 252 g/mol. The molecule has 0 amide bonds. The molecular weight excluding hydrogens is 231 g/mol. The molecule has 1 N–H and O–H groups in total. The van der Waals surface area contributed by atoms with Gasteiger partial charge < -0.3 is 10.2 Å². The van der Waals surface area contributed by atoms with Crippen LogP contribution in [0.15, 0.2) is 6.20 Å². The Balaban J connectivity index is 2.09. The van der Waals surface area contributed by atoms with Crippen LogP contribution in [0.2, 0.25) is 0 Å². The van der Waals surface area contributed by atoms with Gasteiger partial charge in [0, 0.05) is 20.1 Å². The Hall–Kier alpha value is -1.39. The van der Waals surface area contributed by atoms with Crippen LogP contribution in [-0.2, 0) is 0 Å². The van der Waals surface area contributed by atoms with E-state index in [1.165, 1.54) is 6.20 Å². The van der Waals surface area contributed by atoms with E-state index in [2.05, 4.69) is 29.1 Å². The first kappa shape index (κ1) is 13.1.